The van der Waals surface area contributed by atoms with E-state index in [1.165, 1.54) is 18.4 Å². The second-order valence-electron chi connectivity index (χ2n) is 3.46. The molecule has 0 bridgehead atoms. The normalized spacial score (nSPS) is 15.4. The lowest BCUT2D eigenvalue weighted by molar-refractivity contribution is 0.716. The monoisotopic (exact) mass is 170 g/mol. The van der Waals surface area contributed by atoms with Crippen LogP contribution in [0.3, 0.4) is 0 Å². The predicted molar refractivity (Wildman–Crippen MR) is 56.5 cm³/mol. The van der Waals surface area contributed by atoms with Gasteiger partial charge < -0.3 is 0 Å². The molecule has 0 aliphatic heterocycles. The van der Waals surface area contributed by atoms with Crippen LogP contribution in [0.1, 0.15) is 12.0 Å². The maximum atomic E-state index is 2.27. The quantitative estimate of drug-likeness (QED) is 0.652. The minimum absolute atomic E-state index is 0.667. The van der Waals surface area contributed by atoms with Gasteiger partial charge in [0.2, 0.25) is 0 Å². The number of aryl methyl sites for hydroxylation is 1. The third kappa shape index (κ3) is 2.32. The molecule has 0 heteroatoms. The first kappa shape index (κ1) is 8.31. The summed E-state index contributed by atoms with van der Waals surface area (Å²) in [4.78, 5) is 0. The fraction of sp³-hybridized carbons (Fsp3) is 0.231. The number of rotatable bonds is 3. The Bertz CT molecular complexity index is 294. The van der Waals surface area contributed by atoms with E-state index in [2.05, 4.69) is 54.6 Å². The zero-order chi connectivity index (χ0) is 8.93. The Labute approximate surface area is 79.6 Å². The summed E-state index contributed by atoms with van der Waals surface area (Å²) in [7, 11) is 0. The fourth-order valence-electron chi connectivity index (χ4n) is 1.65. The summed E-state index contributed by atoms with van der Waals surface area (Å²) in [6, 6.07) is 10.7. The van der Waals surface area contributed by atoms with E-state index in [1.807, 2.05) is 0 Å². The van der Waals surface area contributed by atoms with Gasteiger partial charge in [0.1, 0.15) is 0 Å². The average Bonchev–Trinajstić information content (AvgIpc) is 2.69. The summed E-state index contributed by atoms with van der Waals surface area (Å²) in [5.41, 5.74) is 1.44. The highest BCUT2D eigenvalue weighted by Crippen LogP contribution is 2.16. The number of hydrogen-bond acceptors (Lipinski definition) is 0. The molecule has 66 valence electrons. The van der Waals surface area contributed by atoms with Crippen LogP contribution in [0, 0.1) is 5.92 Å². The number of allylic oxidation sites excluding steroid dienone is 4. The van der Waals surface area contributed by atoms with Crippen molar-refractivity contribution in [2.45, 2.75) is 12.8 Å². The van der Waals surface area contributed by atoms with Crippen molar-refractivity contribution in [2.75, 3.05) is 0 Å². The number of hydrogen-bond donors (Lipinski definition) is 0. The molecule has 0 saturated heterocycles. The summed E-state index contributed by atoms with van der Waals surface area (Å²) in [5.74, 6) is 0.667. The van der Waals surface area contributed by atoms with Gasteiger partial charge in [-0.15, -0.1) is 0 Å². The zero-order valence-corrected chi connectivity index (χ0v) is 7.69. The van der Waals surface area contributed by atoms with Gasteiger partial charge in [0.25, 0.3) is 0 Å². The first-order valence-corrected chi connectivity index (χ1v) is 4.84. The van der Waals surface area contributed by atoms with Crippen molar-refractivity contribution in [3.63, 3.8) is 0 Å². The summed E-state index contributed by atoms with van der Waals surface area (Å²) >= 11 is 0. The minimum atomic E-state index is 0.667. The molecule has 0 saturated carbocycles. The maximum Gasteiger partial charge on any atom is -0.00441 e. The van der Waals surface area contributed by atoms with Crippen molar-refractivity contribution in [3.8, 4) is 0 Å². The summed E-state index contributed by atoms with van der Waals surface area (Å²) in [6.07, 6.45) is 11.2. The Balaban J connectivity index is 1.86. The highest BCUT2D eigenvalue weighted by molar-refractivity contribution is 5.19. The average molecular weight is 170 g/mol. The molecule has 0 atom stereocenters. The Hall–Kier alpha value is -1.30. The van der Waals surface area contributed by atoms with Crippen molar-refractivity contribution >= 4 is 0 Å². The van der Waals surface area contributed by atoms with Crippen LogP contribution in [0.5, 0.6) is 0 Å². The molecule has 0 radical (unpaired) electrons. The molecule has 0 spiro atoms. The van der Waals surface area contributed by atoms with Gasteiger partial charge in [0.05, 0.1) is 0 Å². The molecule has 1 aliphatic rings. The van der Waals surface area contributed by atoms with Gasteiger partial charge >= 0.3 is 0 Å². The van der Waals surface area contributed by atoms with E-state index in [4.69, 9.17) is 0 Å². The molecular formula is C13H14. The first-order chi connectivity index (χ1) is 6.45. The van der Waals surface area contributed by atoms with Crippen LogP contribution < -0.4 is 0 Å². The summed E-state index contributed by atoms with van der Waals surface area (Å²) < 4.78 is 0. The van der Waals surface area contributed by atoms with E-state index >= 15 is 0 Å². The second-order valence-corrected chi connectivity index (χ2v) is 3.46. The Morgan fingerprint density at radius 2 is 1.62 bits per heavy atom. The molecule has 13 heavy (non-hydrogen) atoms. The van der Waals surface area contributed by atoms with E-state index in [1.54, 1.807) is 0 Å². The predicted octanol–water partition coefficient (Wildman–Crippen LogP) is 3.36. The van der Waals surface area contributed by atoms with E-state index in [9.17, 15) is 0 Å². The van der Waals surface area contributed by atoms with Crippen molar-refractivity contribution in [3.05, 3.63) is 60.2 Å². The Morgan fingerprint density at radius 1 is 0.923 bits per heavy atom. The maximum absolute atomic E-state index is 2.27. The van der Waals surface area contributed by atoms with Crippen LogP contribution in [-0.2, 0) is 6.42 Å². The smallest absolute Gasteiger partial charge is 0.00441 e. The number of benzene rings is 1. The van der Waals surface area contributed by atoms with Crippen LogP contribution in [0.25, 0.3) is 0 Å². The van der Waals surface area contributed by atoms with Gasteiger partial charge in [0, 0.05) is 0 Å². The SMILES string of the molecule is C1=CC(CCc2ccccc2)C=C1. The van der Waals surface area contributed by atoms with Crippen LogP contribution in [0.4, 0.5) is 0 Å². The van der Waals surface area contributed by atoms with E-state index < -0.39 is 0 Å². The molecule has 1 aromatic rings. The van der Waals surface area contributed by atoms with Gasteiger partial charge in [-0.3, -0.25) is 0 Å². The lowest BCUT2D eigenvalue weighted by atomic mass is 10.0. The third-order valence-corrected chi connectivity index (χ3v) is 2.44. The van der Waals surface area contributed by atoms with Gasteiger partial charge in [0.15, 0.2) is 0 Å². The summed E-state index contributed by atoms with van der Waals surface area (Å²) in [6.45, 7) is 0. The highest BCUT2D eigenvalue weighted by Gasteiger charge is 2.03. The lowest BCUT2D eigenvalue weighted by Crippen LogP contribution is -1.92. The van der Waals surface area contributed by atoms with Crippen LogP contribution >= 0.6 is 0 Å². The van der Waals surface area contributed by atoms with Crippen LogP contribution in [-0.4, -0.2) is 0 Å². The van der Waals surface area contributed by atoms with Crippen LogP contribution in [0.2, 0.25) is 0 Å². The van der Waals surface area contributed by atoms with Crippen LogP contribution in [0.15, 0.2) is 54.6 Å². The molecule has 0 nitrogen and oxygen atoms in total. The van der Waals surface area contributed by atoms with Gasteiger partial charge in [-0.05, 0) is 24.3 Å². The molecule has 0 aromatic heterocycles. The van der Waals surface area contributed by atoms with Crippen molar-refractivity contribution in [1.82, 2.24) is 0 Å². The summed E-state index contributed by atoms with van der Waals surface area (Å²) in [5, 5.41) is 0. The molecule has 1 aromatic carbocycles. The third-order valence-electron chi connectivity index (χ3n) is 2.44. The van der Waals surface area contributed by atoms with Crippen molar-refractivity contribution < 1.29 is 0 Å². The fourth-order valence-corrected chi connectivity index (χ4v) is 1.65. The molecule has 0 unspecified atom stereocenters. The van der Waals surface area contributed by atoms with Gasteiger partial charge in [-0.1, -0.05) is 54.6 Å². The first-order valence-electron chi connectivity index (χ1n) is 4.84. The van der Waals surface area contributed by atoms with E-state index in [-0.39, 0.29) is 0 Å². The van der Waals surface area contributed by atoms with Gasteiger partial charge in [-0.25, -0.2) is 0 Å². The van der Waals surface area contributed by atoms with E-state index in [0.29, 0.717) is 5.92 Å². The van der Waals surface area contributed by atoms with E-state index in [0.717, 1.165) is 0 Å². The van der Waals surface area contributed by atoms with Crippen molar-refractivity contribution in [2.24, 2.45) is 5.92 Å². The standard InChI is InChI=1S/C13H14/c1-2-6-12(7-3-1)10-11-13-8-4-5-9-13/h1-9,13H,10-11H2. The highest BCUT2D eigenvalue weighted by atomic mass is 14.1. The van der Waals surface area contributed by atoms with Gasteiger partial charge in [-0.2, -0.15) is 0 Å². The molecule has 0 N–H and O–H groups in total. The Kier molecular flexibility index (Phi) is 2.61. The Morgan fingerprint density at radius 3 is 2.31 bits per heavy atom. The molecule has 1 aliphatic carbocycles. The second kappa shape index (κ2) is 4.08. The molecule has 2 rings (SSSR count). The minimum Gasteiger partial charge on any atom is -0.0776 e. The lowest BCUT2D eigenvalue weighted by Gasteiger charge is -2.04. The topological polar surface area (TPSA) is 0 Å². The molecular weight excluding hydrogens is 156 g/mol. The molecule has 0 heterocycles. The largest absolute Gasteiger partial charge is 0.0776 e. The van der Waals surface area contributed by atoms with Crippen molar-refractivity contribution in [1.29, 1.82) is 0 Å². The zero-order valence-electron chi connectivity index (χ0n) is 7.69. The molecule has 0 fully saturated rings. The molecule has 0 amide bonds.